The average Bonchev–Trinajstić information content (AvgIpc) is 3.13. The minimum absolute atomic E-state index is 0.00472. The van der Waals surface area contributed by atoms with Crippen LogP contribution in [0.15, 0.2) is 24.3 Å². The molecule has 0 heterocycles. The molecule has 0 aromatic heterocycles. The summed E-state index contributed by atoms with van der Waals surface area (Å²) < 4.78 is 24.0. The van der Waals surface area contributed by atoms with Crippen LogP contribution in [-0.4, -0.2) is 61.6 Å². The fraction of sp³-hybridized carbons (Fsp3) is 0.841. The summed E-state index contributed by atoms with van der Waals surface area (Å²) in [6.07, 6.45) is 28.2. The van der Waals surface area contributed by atoms with Crippen molar-refractivity contribution in [2.75, 3.05) is 26.4 Å². The molecule has 0 bridgehead atoms. The third-order valence-corrected chi connectivity index (χ3v) is 9.27. The van der Waals surface area contributed by atoms with Gasteiger partial charge in [0.25, 0.3) is 0 Å². The van der Waals surface area contributed by atoms with Crippen molar-refractivity contribution in [3.8, 4) is 0 Å². The number of aliphatic hydroxyl groups excluding tert-OH is 1. The molecule has 0 amide bonds. The second kappa shape index (κ2) is 37.3. The van der Waals surface area contributed by atoms with Gasteiger partial charge in [0, 0.05) is 45.5 Å². The monoisotopic (exact) mass is 737 g/mol. The largest absolute Gasteiger partial charge is 0.465 e. The van der Waals surface area contributed by atoms with Gasteiger partial charge in [0.15, 0.2) is 6.29 Å². The first-order chi connectivity index (χ1) is 25.3. The maximum Gasteiger partial charge on any atom is 0.308 e. The molecule has 8 heteroatoms. The van der Waals surface area contributed by atoms with Crippen molar-refractivity contribution >= 4 is 17.7 Å². The lowest BCUT2D eigenvalue weighted by Crippen LogP contribution is -2.25. The first-order valence-corrected chi connectivity index (χ1v) is 21.3. The van der Waals surface area contributed by atoms with Gasteiger partial charge in [0.1, 0.15) is 11.9 Å². The number of hydrogen-bond acceptors (Lipinski definition) is 8. The molecule has 0 fully saturated rings. The zero-order valence-corrected chi connectivity index (χ0v) is 34.2. The summed E-state index contributed by atoms with van der Waals surface area (Å²) in [6, 6.07) is 0. The number of hydrogen-bond donors (Lipinski definition) is 1. The Morgan fingerprint density at radius 1 is 0.615 bits per heavy atom. The van der Waals surface area contributed by atoms with Crippen LogP contribution in [0.2, 0.25) is 0 Å². The molecular weight excluding hydrogens is 656 g/mol. The maximum atomic E-state index is 13.2. The van der Waals surface area contributed by atoms with Crippen LogP contribution in [0.5, 0.6) is 0 Å². The van der Waals surface area contributed by atoms with E-state index in [0.29, 0.717) is 51.7 Å². The van der Waals surface area contributed by atoms with Gasteiger partial charge in [0.05, 0.1) is 18.9 Å². The van der Waals surface area contributed by atoms with Crippen molar-refractivity contribution in [3.63, 3.8) is 0 Å². The third kappa shape index (κ3) is 31.5. The number of rotatable bonds is 38. The standard InChI is InChI=1S/C44H80O8/c1-6-10-14-17-19-24-33-49-43(50-34-25-20-18-15-11-7-2)31-30-42(47)52-41(29-23-22-28-40(46)36-38(5)37-45)32-35-51-44(48)39(26-13-9-4)27-21-16-12-8-3/h10-11,14-15,38-39,41,43,45H,6-9,12-13,16-37H2,1-5H3/b14-10-,15-11-. The Bertz CT molecular complexity index is 877. The van der Waals surface area contributed by atoms with E-state index in [1.54, 1.807) is 0 Å². The molecule has 8 nitrogen and oxygen atoms in total. The SMILES string of the molecule is CC/C=C\CCCCOC(CCC(=O)OC(CCCCC(=O)CC(C)CO)CCOC(=O)C(CCCC)CCCCCC)OCCCC/C=C\CC. The quantitative estimate of drug-likeness (QED) is 0.0289. The number of ketones is 1. The zero-order valence-electron chi connectivity index (χ0n) is 34.2. The number of carbonyl (C=O) groups excluding carboxylic acids is 3. The topological polar surface area (TPSA) is 108 Å². The fourth-order valence-electron chi connectivity index (χ4n) is 5.99. The molecule has 0 aliphatic rings. The van der Waals surface area contributed by atoms with Crippen LogP contribution in [0.3, 0.4) is 0 Å². The molecule has 0 aromatic carbocycles. The number of allylic oxidation sites excluding steroid dienone is 4. The molecule has 0 aliphatic carbocycles. The van der Waals surface area contributed by atoms with Gasteiger partial charge in [-0.2, -0.15) is 0 Å². The molecule has 52 heavy (non-hydrogen) atoms. The van der Waals surface area contributed by atoms with Gasteiger partial charge in [-0.1, -0.05) is 97.4 Å². The van der Waals surface area contributed by atoms with Gasteiger partial charge in [-0.05, 0) is 89.4 Å². The lowest BCUT2D eigenvalue weighted by atomic mass is 9.95. The zero-order chi connectivity index (χ0) is 38.5. The van der Waals surface area contributed by atoms with Crippen LogP contribution in [0.25, 0.3) is 0 Å². The first-order valence-electron chi connectivity index (χ1n) is 21.3. The van der Waals surface area contributed by atoms with E-state index in [1.165, 1.54) is 6.42 Å². The molecule has 3 unspecified atom stereocenters. The second-order valence-electron chi connectivity index (χ2n) is 14.5. The van der Waals surface area contributed by atoms with Gasteiger partial charge in [-0.3, -0.25) is 14.4 Å². The van der Waals surface area contributed by atoms with Crippen LogP contribution < -0.4 is 0 Å². The van der Waals surface area contributed by atoms with E-state index in [2.05, 4.69) is 52.0 Å². The molecule has 304 valence electrons. The minimum Gasteiger partial charge on any atom is -0.465 e. The van der Waals surface area contributed by atoms with E-state index < -0.39 is 12.4 Å². The Balaban J connectivity index is 5.21. The Hall–Kier alpha value is -2.03. The molecule has 0 spiro atoms. The van der Waals surface area contributed by atoms with Crippen LogP contribution in [0, 0.1) is 11.8 Å². The van der Waals surface area contributed by atoms with E-state index in [9.17, 15) is 19.5 Å². The lowest BCUT2D eigenvalue weighted by Gasteiger charge is -2.21. The second-order valence-corrected chi connectivity index (χ2v) is 14.5. The summed E-state index contributed by atoms with van der Waals surface area (Å²) in [7, 11) is 0. The van der Waals surface area contributed by atoms with Crippen LogP contribution in [0.4, 0.5) is 0 Å². The minimum atomic E-state index is -0.464. The van der Waals surface area contributed by atoms with Gasteiger partial charge in [-0.25, -0.2) is 0 Å². The van der Waals surface area contributed by atoms with Crippen molar-refractivity contribution in [1.82, 2.24) is 0 Å². The molecule has 3 atom stereocenters. The van der Waals surface area contributed by atoms with Gasteiger partial charge < -0.3 is 24.1 Å². The first kappa shape index (κ1) is 50.0. The van der Waals surface area contributed by atoms with Crippen molar-refractivity contribution < 1.29 is 38.4 Å². The average molecular weight is 737 g/mol. The summed E-state index contributed by atoms with van der Waals surface area (Å²) >= 11 is 0. The number of aliphatic hydroxyl groups is 1. The molecule has 0 aliphatic heterocycles. The van der Waals surface area contributed by atoms with E-state index in [1.807, 2.05) is 6.92 Å². The summed E-state index contributed by atoms with van der Waals surface area (Å²) in [4.78, 5) is 38.5. The third-order valence-electron chi connectivity index (χ3n) is 9.27. The number of carbonyl (C=O) groups is 3. The summed E-state index contributed by atoms with van der Waals surface area (Å²) in [6.45, 7) is 11.8. The van der Waals surface area contributed by atoms with E-state index in [-0.39, 0.29) is 49.2 Å². The number of Topliss-reactive ketones (excluding diaryl/α,β-unsaturated/α-hetero) is 1. The summed E-state index contributed by atoms with van der Waals surface area (Å²) in [5, 5.41) is 9.28. The fourth-order valence-corrected chi connectivity index (χ4v) is 5.99. The normalized spacial score (nSPS) is 13.6. The van der Waals surface area contributed by atoms with E-state index in [4.69, 9.17) is 18.9 Å². The number of esters is 2. The maximum absolute atomic E-state index is 13.2. The molecular formula is C44H80O8. The van der Waals surface area contributed by atoms with Crippen LogP contribution in [0.1, 0.15) is 189 Å². The van der Waals surface area contributed by atoms with Gasteiger partial charge >= 0.3 is 11.9 Å². The predicted molar refractivity (Wildman–Crippen MR) is 213 cm³/mol. The molecule has 0 rings (SSSR count). The van der Waals surface area contributed by atoms with Crippen molar-refractivity contribution in [2.45, 2.75) is 201 Å². The smallest absolute Gasteiger partial charge is 0.308 e. The Kier molecular flexibility index (Phi) is 35.8. The number of ether oxygens (including phenoxy) is 4. The highest BCUT2D eigenvalue weighted by atomic mass is 16.7. The van der Waals surface area contributed by atoms with Gasteiger partial charge in [-0.15, -0.1) is 0 Å². The summed E-state index contributed by atoms with van der Waals surface area (Å²) in [5.41, 5.74) is 0. The van der Waals surface area contributed by atoms with Crippen LogP contribution >= 0.6 is 0 Å². The lowest BCUT2D eigenvalue weighted by molar-refractivity contribution is -0.163. The van der Waals surface area contributed by atoms with Crippen molar-refractivity contribution in [3.05, 3.63) is 24.3 Å². The molecule has 0 saturated heterocycles. The van der Waals surface area contributed by atoms with Crippen molar-refractivity contribution in [2.24, 2.45) is 11.8 Å². The Morgan fingerprint density at radius 2 is 1.23 bits per heavy atom. The highest BCUT2D eigenvalue weighted by molar-refractivity contribution is 5.78. The van der Waals surface area contributed by atoms with E-state index >= 15 is 0 Å². The molecule has 1 N–H and O–H groups in total. The molecule has 0 aromatic rings. The Morgan fingerprint density at radius 3 is 1.83 bits per heavy atom. The predicted octanol–water partition coefficient (Wildman–Crippen LogP) is 11.2. The molecule has 0 radical (unpaired) electrons. The van der Waals surface area contributed by atoms with E-state index in [0.717, 1.165) is 103 Å². The Labute approximate surface area is 319 Å². The van der Waals surface area contributed by atoms with Gasteiger partial charge in [0.2, 0.25) is 0 Å². The number of unbranched alkanes of at least 4 members (excludes halogenated alkanes) is 9. The molecule has 0 saturated carbocycles. The van der Waals surface area contributed by atoms with Crippen LogP contribution in [-0.2, 0) is 33.3 Å². The summed E-state index contributed by atoms with van der Waals surface area (Å²) in [5.74, 6) is -0.429. The highest BCUT2D eigenvalue weighted by Crippen LogP contribution is 2.21. The highest BCUT2D eigenvalue weighted by Gasteiger charge is 2.22. The van der Waals surface area contributed by atoms with Crippen molar-refractivity contribution in [1.29, 1.82) is 0 Å².